The molecule has 5 atom stereocenters. The van der Waals surface area contributed by atoms with Crippen molar-refractivity contribution in [3.8, 4) is 0 Å². The van der Waals surface area contributed by atoms with E-state index in [9.17, 15) is 19.2 Å². The van der Waals surface area contributed by atoms with E-state index in [1.54, 1.807) is 13.0 Å². The summed E-state index contributed by atoms with van der Waals surface area (Å²) in [5, 5.41) is 11.0. The molecule has 0 aliphatic carbocycles. The third-order valence-corrected chi connectivity index (χ3v) is 7.37. The Kier molecular flexibility index (Phi) is 9.15. The zero-order valence-corrected chi connectivity index (χ0v) is 19.3. The van der Waals surface area contributed by atoms with Crippen molar-refractivity contribution in [2.24, 2.45) is 20.6 Å². The molecule has 32 heavy (non-hydrogen) atoms. The Morgan fingerprint density at radius 2 is 2.09 bits per heavy atom. The Morgan fingerprint density at radius 1 is 1.38 bits per heavy atom. The van der Waals surface area contributed by atoms with E-state index in [4.69, 9.17) is 40.3 Å². The zero-order chi connectivity index (χ0) is 23.8. The SMILES string of the molecule is COC(=O)C1=CC([I-]N=C(N)N)[C@@H](C)C(C(OC(=O)NCCC(=O)O)C2COC(=O)O2)O1. The van der Waals surface area contributed by atoms with Crippen molar-refractivity contribution in [1.82, 2.24) is 5.32 Å². The van der Waals surface area contributed by atoms with Gasteiger partial charge in [0.05, 0.1) is 0 Å². The number of ether oxygens (including phenoxy) is 5. The number of amides is 1. The minimum absolute atomic E-state index is 0.107. The predicted molar refractivity (Wildman–Crippen MR) is 100 cm³/mol. The molecule has 1 fully saturated rings. The van der Waals surface area contributed by atoms with Crippen LogP contribution in [-0.4, -0.2) is 77.8 Å². The average molecular weight is 571 g/mol. The maximum atomic E-state index is 12.3. The summed E-state index contributed by atoms with van der Waals surface area (Å²) in [6.07, 6.45) is -3.87. The van der Waals surface area contributed by atoms with Crippen LogP contribution in [0.3, 0.4) is 0 Å². The van der Waals surface area contributed by atoms with Gasteiger partial charge in [0.2, 0.25) is 0 Å². The second kappa shape index (κ2) is 11.6. The summed E-state index contributed by atoms with van der Waals surface area (Å²) in [6.45, 7) is 1.37. The van der Waals surface area contributed by atoms with Gasteiger partial charge >= 0.3 is 193 Å². The summed E-state index contributed by atoms with van der Waals surface area (Å²) in [5.41, 5.74) is 10.9. The van der Waals surface area contributed by atoms with Crippen LogP contribution in [0.1, 0.15) is 13.3 Å². The predicted octanol–water partition coefficient (Wildman–Crippen LogP) is -4.17. The molecule has 1 amide bonds. The molecule has 0 bridgehead atoms. The van der Waals surface area contributed by atoms with Crippen LogP contribution in [0.15, 0.2) is 15.0 Å². The van der Waals surface area contributed by atoms with Crippen molar-refractivity contribution in [3.05, 3.63) is 11.8 Å². The Morgan fingerprint density at radius 3 is 2.66 bits per heavy atom. The number of hydrogen-bond donors (Lipinski definition) is 4. The number of carboxylic acids is 1. The summed E-state index contributed by atoms with van der Waals surface area (Å²) >= 11 is -1.03. The second-order valence-corrected chi connectivity index (χ2v) is 9.15. The standard InChI is InChI=1S/C17H24IN4O10/c1-7-8(18-22-15(19)20)5-9(14(25)28-2)30-12(7)13(10-6-29-17(27)31-10)32-16(26)21-4-3-11(23)24/h5,7-8,10,12-13H,3-4,6H2,1-2H3,(H,21,26)(H,23,24)(H4,19,20,22)/q-1/t7-,8?,10?,12?,13?/m1/s1. The fourth-order valence-electron chi connectivity index (χ4n) is 2.88. The fourth-order valence-corrected chi connectivity index (χ4v) is 4.93. The number of nitrogens with two attached hydrogens (primary N) is 2. The van der Waals surface area contributed by atoms with Gasteiger partial charge in [-0.2, -0.15) is 0 Å². The Bertz CT molecular complexity index is 800. The number of halogens is 1. The number of nitrogens with one attached hydrogen (secondary N) is 1. The molecular formula is C17H24IN4O10-. The molecule has 0 spiro atoms. The molecule has 2 rings (SSSR count). The van der Waals surface area contributed by atoms with Gasteiger partial charge in [0.15, 0.2) is 0 Å². The number of cyclic esters (lactones) is 2. The molecule has 0 aromatic carbocycles. The number of carbonyl (C=O) groups excluding carboxylic acids is 3. The third kappa shape index (κ3) is 7.03. The van der Waals surface area contributed by atoms with E-state index in [2.05, 4.69) is 8.52 Å². The summed E-state index contributed by atoms with van der Waals surface area (Å²) in [5.74, 6) is -2.48. The molecule has 0 radical (unpaired) electrons. The number of alkyl carbamates (subject to hydrolysis) is 1. The van der Waals surface area contributed by atoms with Gasteiger partial charge in [-0.1, -0.05) is 0 Å². The number of aliphatic carboxylic acids is 1. The Balaban J connectivity index is 2.28. The first-order valence-electron chi connectivity index (χ1n) is 9.30. The monoisotopic (exact) mass is 571 g/mol. The van der Waals surface area contributed by atoms with E-state index in [1.165, 1.54) is 7.11 Å². The number of methoxy groups -OCH3 is 1. The Labute approximate surface area is 193 Å². The number of nitrogens with zero attached hydrogens (tertiary/aromatic N) is 1. The van der Waals surface area contributed by atoms with E-state index < -0.39 is 64.0 Å². The quantitative estimate of drug-likeness (QED) is 0.0519. The zero-order valence-electron chi connectivity index (χ0n) is 17.2. The maximum absolute atomic E-state index is 12.3. The van der Waals surface area contributed by atoms with E-state index in [0.717, 1.165) is 0 Å². The van der Waals surface area contributed by atoms with Crippen LogP contribution < -0.4 is 38.3 Å². The van der Waals surface area contributed by atoms with Crippen LogP contribution in [0.4, 0.5) is 9.59 Å². The second-order valence-electron chi connectivity index (χ2n) is 6.67. The van der Waals surface area contributed by atoms with Crippen LogP contribution >= 0.6 is 0 Å². The third-order valence-electron chi connectivity index (χ3n) is 4.39. The number of esters is 1. The first-order valence-corrected chi connectivity index (χ1v) is 11.5. The number of allylic oxidation sites excluding steroid dienone is 1. The van der Waals surface area contributed by atoms with E-state index >= 15 is 0 Å². The average Bonchev–Trinajstić information content (AvgIpc) is 3.16. The normalized spacial score (nSPS) is 25.3. The molecule has 2 aliphatic rings. The van der Waals surface area contributed by atoms with Crippen molar-refractivity contribution >= 4 is 30.1 Å². The summed E-state index contributed by atoms with van der Waals surface area (Å²) < 4.78 is 29.6. The minimum atomic E-state index is -1.19. The van der Waals surface area contributed by atoms with Crippen LogP contribution in [0.5, 0.6) is 0 Å². The van der Waals surface area contributed by atoms with Gasteiger partial charge in [-0.25, -0.2) is 0 Å². The van der Waals surface area contributed by atoms with Gasteiger partial charge in [-0.05, 0) is 0 Å². The molecule has 2 aliphatic heterocycles. The van der Waals surface area contributed by atoms with Gasteiger partial charge in [-0.3, -0.25) is 0 Å². The molecular weight excluding hydrogens is 547 g/mol. The van der Waals surface area contributed by atoms with Gasteiger partial charge in [-0.15, -0.1) is 0 Å². The van der Waals surface area contributed by atoms with E-state index in [-0.39, 0.29) is 41.1 Å². The fraction of sp³-hybridized carbons (Fsp3) is 0.588. The first-order chi connectivity index (χ1) is 15.1. The molecule has 4 unspecified atom stereocenters. The van der Waals surface area contributed by atoms with Crippen molar-refractivity contribution in [1.29, 1.82) is 0 Å². The number of hydrogen-bond acceptors (Lipinski definition) is 10. The summed E-state index contributed by atoms with van der Waals surface area (Å²) in [4.78, 5) is 46.6. The molecule has 0 aromatic rings. The van der Waals surface area contributed by atoms with Crippen molar-refractivity contribution < 1.29 is 69.4 Å². The topological polar surface area (TPSA) is 211 Å². The van der Waals surface area contributed by atoms with Gasteiger partial charge in [0.1, 0.15) is 0 Å². The number of carboxylic acid groups (broad SMARTS) is 1. The number of rotatable bonds is 9. The number of carbonyl (C=O) groups is 4. The molecule has 1 saturated heterocycles. The van der Waals surface area contributed by atoms with Crippen molar-refractivity contribution in [3.63, 3.8) is 0 Å². The molecule has 2 heterocycles. The molecule has 180 valence electrons. The summed E-state index contributed by atoms with van der Waals surface area (Å²) in [6, 6.07) is 0. The number of alkyl halides is 1. The van der Waals surface area contributed by atoms with Crippen LogP contribution in [0.25, 0.3) is 0 Å². The van der Waals surface area contributed by atoms with Gasteiger partial charge in [0, 0.05) is 0 Å². The molecule has 15 heteroatoms. The van der Waals surface area contributed by atoms with Gasteiger partial charge in [0.25, 0.3) is 0 Å². The Hall–Kier alpha value is -2.98. The van der Waals surface area contributed by atoms with Crippen molar-refractivity contribution in [2.45, 2.75) is 35.6 Å². The van der Waals surface area contributed by atoms with Crippen LogP contribution in [-0.2, 0) is 33.3 Å². The summed E-state index contributed by atoms with van der Waals surface area (Å²) in [7, 11) is 1.18. The number of guanidine groups is 1. The van der Waals surface area contributed by atoms with E-state index in [1.807, 2.05) is 0 Å². The molecule has 6 N–H and O–H groups in total. The van der Waals surface area contributed by atoms with Crippen molar-refractivity contribution in [2.75, 3.05) is 20.3 Å². The van der Waals surface area contributed by atoms with Crippen LogP contribution in [0, 0.1) is 5.92 Å². The molecule has 14 nitrogen and oxygen atoms in total. The van der Waals surface area contributed by atoms with Crippen LogP contribution in [0.2, 0.25) is 0 Å². The first kappa shape index (κ1) is 25.3. The van der Waals surface area contributed by atoms with E-state index in [0.29, 0.717) is 0 Å². The molecule has 0 saturated carbocycles. The van der Waals surface area contributed by atoms with Gasteiger partial charge < -0.3 is 0 Å². The molecule has 0 aromatic heterocycles.